The van der Waals surface area contributed by atoms with Gasteiger partial charge in [-0.1, -0.05) is 54.6 Å². The van der Waals surface area contributed by atoms with Gasteiger partial charge in [-0.15, -0.1) is 0 Å². The van der Waals surface area contributed by atoms with Crippen LogP contribution in [0.25, 0.3) is 0 Å². The Bertz CT molecular complexity index is 905. The molecule has 1 heterocycles. The summed E-state index contributed by atoms with van der Waals surface area (Å²) in [7, 11) is 0. The van der Waals surface area contributed by atoms with Crippen LogP contribution in [0, 0.1) is 11.6 Å². The van der Waals surface area contributed by atoms with E-state index in [1.54, 1.807) is 35.3 Å². The van der Waals surface area contributed by atoms with E-state index in [1.807, 2.05) is 30.3 Å². The smallest absolute Gasteiger partial charge is 0.148 e. The fraction of sp³-hybridized carbons (Fsp3) is 0.0952. The van der Waals surface area contributed by atoms with E-state index in [-0.39, 0.29) is 17.7 Å². The molecule has 0 aliphatic carbocycles. The van der Waals surface area contributed by atoms with Crippen molar-refractivity contribution >= 4 is 11.4 Å². The van der Waals surface area contributed by atoms with Gasteiger partial charge in [0.25, 0.3) is 0 Å². The maximum Gasteiger partial charge on any atom is 0.148 e. The Morgan fingerprint density at radius 1 is 0.800 bits per heavy atom. The van der Waals surface area contributed by atoms with Crippen LogP contribution in [0.15, 0.2) is 84.0 Å². The van der Waals surface area contributed by atoms with Gasteiger partial charge in [0.1, 0.15) is 11.6 Å². The first kappa shape index (κ1) is 15.5. The van der Waals surface area contributed by atoms with Gasteiger partial charge in [-0.05, 0) is 35.4 Å². The van der Waals surface area contributed by atoms with E-state index < -0.39 is 0 Å². The molecule has 1 atom stereocenters. The number of rotatable bonds is 3. The van der Waals surface area contributed by atoms with E-state index in [1.165, 1.54) is 18.2 Å². The molecule has 0 amide bonds. The molecule has 4 heteroatoms. The van der Waals surface area contributed by atoms with Crippen LogP contribution in [0.4, 0.5) is 14.5 Å². The summed E-state index contributed by atoms with van der Waals surface area (Å²) in [5.41, 5.74) is 3.17. The van der Waals surface area contributed by atoms with Crippen molar-refractivity contribution in [3.05, 3.63) is 102 Å². The molecule has 3 aromatic carbocycles. The van der Waals surface area contributed by atoms with Crippen LogP contribution >= 0.6 is 0 Å². The highest BCUT2D eigenvalue weighted by molar-refractivity contribution is 6.03. The Hall–Kier alpha value is -3.01. The standard InChI is InChI=1S/C21H16F2N2/c22-17-12-10-15(11-13-17)19-14-21(16-6-2-1-3-7-16)25(24-19)20-9-5-4-8-18(20)23/h1-13,21H,14H2/t21-/m0/s1. The predicted octanol–water partition coefficient (Wildman–Crippen LogP) is 5.32. The Labute approximate surface area is 145 Å². The molecule has 0 radical (unpaired) electrons. The molecule has 0 saturated heterocycles. The van der Waals surface area contributed by atoms with E-state index in [2.05, 4.69) is 5.10 Å². The number of hydrogen-bond acceptors (Lipinski definition) is 2. The van der Waals surface area contributed by atoms with Gasteiger partial charge in [0.15, 0.2) is 0 Å². The quantitative estimate of drug-likeness (QED) is 0.633. The third kappa shape index (κ3) is 3.03. The lowest BCUT2D eigenvalue weighted by Gasteiger charge is -2.24. The van der Waals surface area contributed by atoms with Crippen LogP contribution in [0.1, 0.15) is 23.6 Å². The highest BCUT2D eigenvalue weighted by Gasteiger charge is 2.31. The number of anilines is 1. The second-order valence-electron chi connectivity index (χ2n) is 5.98. The number of hydrazone groups is 1. The van der Waals surface area contributed by atoms with Crippen molar-refractivity contribution < 1.29 is 8.78 Å². The summed E-state index contributed by atoms with van der Waals surface area (Å²) in [4.78, 5) is 0. The van der Waals surface area contributed by atoms with Gasteiger partial charge in [0.05, 0.1) is 17.4 Å². The van der Waals surface area contributed by atoms with Gasteiger partial charge in [-0.2, -0.15) is 5.10 Å². The first-order chi connectivity index (χ1) is 12.2. The highest BCUT2D eigenvalue weighted by Crippen LogP contribution is 2.37. The summed E-state index contributed by atoms with van der Waals surface area (Å²) in [6.07, 6.45) is 0.629. The van der Waals surface area contributed by atoms with Crippen LogP contribution in [0.2, 0.25) is 0 Å². The molecule has 0 N–H and O–H groups in total. The maximum atomic E-state index is 14.4. The fourth-order valence-corrected chi connectivity index (χ4v) is 3.12. The Morgan fingerprint density at radius 2 is 1.48 bits per heavy atom. The lowest BCUT2D eigenvalue weighted by molar-refractivity contribution is 0.606. The van der Waals surface area contributed by atoms with Crippen molar-refractivity contribution in [2.75, 3.05) is 5.01 Å². The lowest BCUT2D eigenvalue weighted by Crippen LogP contribution is -2.19. The SMILES string of the molecule is Fc1ccc(C2=NN(c3ccccc3F)[C@H](c3ccccc3)C2)cc1. The third-order valence-electron chi connectivity index (χ3n) is 4.37. The molecule has 0 aromatic heterocycles. The van der Waals surface area contributed by atoms with Crippen molar-refractivity contribution in [2.24, 2.45) is 5.10 Å². The van der Waals surface area contributed by atoms with Crippen LogP contribution in [0.3, 0.4) is 0 Å². The van der Waals surface area contributed by atoms with Crippen LogP contribution < -0.4 is 5.01 Å². The lowest BCUT2D eigenvalue weighted by atomic mass is 9.98. The summed E-state index contributed by atoms with van der Waals surface area (Å²) in [6, 6.07) is 22.7. The molecular weight excluding hydrogens is 318 g/mol. The minimum Gasteiger partial charge on any atom is -0.254 e. The van der Waals surface area contributed by atoms with E-state index in [0.29, 0.717) is 12.1 Å². The fourth-order valence-electron chi connectivity index (χ4n) is 3.12. The first-order valence-electron chi connectivity index (χ1n) is 8.14. The number of hydrogen-bond donors (Lipinski definition) is 0. The van der Waals surface area contributed by atoms with Gasteiger partial charge in [-0.3, -0.25) is 5.01 Å². The van der Waals surface area contributed by atoms with Gasteiger partial charge < -0.3 is 0 Å². The molecule has 1 aliphatic rings. The van der Waals surface area contributed by atoms with Gasteiger partial charge in [-0.25, -0.2) is 8.78 Å². The van der Waals surface area contributed by atoms with E-state index in [9.17, 15) is 8.78 Å². The van der Waals surface area contributed by atoms with E-state index >= 15 is 0 Å². The van der Waals surface area contributed by atoms with Crippen molar-refractivity contribution in [1.82, 2.24) is 0 Å². The number of benzene rings is 3. The van der Waals surface area contributed by atoms with Crippen molar-refractivity contribution in [3.63, 3.8) is 0 Å². The number of nitrogens with zero attached hydrogens (tertiary/aromatic N) is 2. The normalized spacial score (nSPS) is 16.8. The topological polar surface area (TPSA) is 15.6 Å². The average Bonchev–Trinajstić information content (AvgIpc) is 3.08. The van der Waals surface area contributed by atoms with Gasteiger partial charge in [0, 0.05) is 6.42 Å². The van der Waals surface area contributed by atoms with Gasteiger partial charge >= 0.3 is 0 Å². The minimum atomic E-state index is -0.312. The summed E-state index contributed by atoms with van der Waals surface area (Å²) in [6.45, 7) is 0. The average molecular weight is 334 g/mol. The molecule has 0 fully saturated rings. The molecule has 0 unspecified atom stereocenters. The van der Waals surface area contributed by atoms with Gasteiger partial charge in [0.2, 0.25) is 0 Å². The van der Waals surface area contributed by atoms with Crippen LogP contribution in [-0.2, 0) is 0 Å². The second kappa shape index (κ2) is 6.48. The van der Waals surface area contributed by atoms with Crippen LogP contribution in [0.5, 0.6) is 0 Å². The number of para-hydroxylation sites is 1. The zero-order valence-electron chi connectivity index (χ0n) is 13.4. The molecule has 1 aliphatic heterocycles. The maximum absolute atomic E-state index is 14.4. The summed E-state index contributed by atoms with van der Waals surface area (Å²) in [5, 5.41) is 6.39. The second-order valence-corrected chi connectivity index (χ2v) is 5.98. The zero-order chi connectivity index (χ0) is 17.2. The van der Waals surface area contributed by atoms with Crippen molar-refractivity contribution in [1.29, 1.82) is 0 Å². The summed E-state index contributed by atoms with van der Waals surface area (Å²) >= 11 is 0. The monoisotopic (exact) mass is 334 g/mol. The van der Waals surface area contributed by atoms with Crippen LogP contribution in [-0.4, -0.2) is 5.71 Å². The molecule has 3 aromatic rings. The van der Waals surface area contributed by atoms with E-state index in [0.717, 1.165) is 16.8 Å². The predicted molar refractivity (Wildman–Crippen MR) is 95.6 cm³/mol. The van der Waals surface area contributed by atoms with Crippen molar-refractivity contribution in [3.8, 4) is 0 Å². The zero-order valence-corrected chi connectivity index (χ0v) is 13.4. The molecular formula is C21H16F2N2. The molecule has 25 heavy (non-hydrogen) atoms. The molecule has 0 saturated carbocycles. The Balaban J connectivity index is 1.77. The number of halogens is 2. The Morgan fingerprint density at radius 3 is 2.20 bits per heavy atom. The Kier molecular flexibility index (Phi) is 4.02. The summed E-state index contributed by atoms with van der Waals surface area (Å²) in [5.74, 6) is -0.597. The third-order valence-corrected chi connectivity index (χ3v) is 4.37. The largest absolute Gasteiger partial charge is 0.254 e. The van der Waals surface area contributed by atoms with Crippen molar-refractivity contribution in [2.45, 2.75) is 12.5 Å². The molecule has 2 nitrogen and oxygen atoms in total. The molecule has 4 rings (SSSR count). The molecule has 0 bridgehead atoms. The summed E-state index contributed by atoms with van der Waals surface area (Å²) < 4.78 is 27.6. The first-order valence-corrected chi connectivity index (χ1v) is 8.14. The molecule has 124 valence electrons. The highest BCUT2D eigenvalue weighted by atomic mass is 19.1. The molecule has 0 spiro atoms. The van der Waals surface area contributed by atoms with E-state index in [4.69, 9.17) is 0 Å². The minimum absolute atomic E-state index is 0.0989.